The molecule has 6 nitrogen and oxygen atoms in total. The van der Waals surface area contributed by atoms with E-state index in [4.69, 9.17) is 46.4 Å². The molecule has 0 fully saturated rings. The van der Waals surface area contributed by atoms with Crippen molar-refractivity contribution in [1.82, 2.24) is 0 Å². The Kier molecular flexibility index (Phi) is 6.07. The Morgan fingerprint density at radius 1 is 1.19 bits per heavy atom. The van der Waals surface area contributed by atoms with Crippen molar-refractivity contribution in [3.05, 3.63) is 50.0 Å². The minimum absolute atomic E-state index is 0.0744. The Morgan fingerprint density at radius 2 is 1.70 bits per heavy atom. The second-order valence-corrected chi connectivity index (χ2v) is 8.68. The molecule has 10 heteroatoms. The number of rotatable bonds is 2. The number of allylic oxidation sites excluding steroid dienone is 2. The number of benzene rings is 1. The highest BCUT2D eigenvalue weighted by Gasteiger charge is 2.58. The minimum atomic E-state index is -1.67. The maximum Gasteiger partial charge on any atom is 0.277 e. The fourth-order valence-corrected chi connectivity index (χ4v) is 3.88. The molecule has 2 atom stereocenters. The number of nitrogens with zero attached hydrogens (tertiary/aromatic N) is 2. The molecule has 0 aromatic heterocycles. The van der Waals surface area contributed by atoms with Crippen LogP contribution in [-0.2, 0) is 4.79 Å². The molecule has 0 spiro atoms. The van der Waals surface area contributed by atoms with Crippen molar-refractivity contribution in [3.63, 3.8) is 0 Å². The highest BCUT2D eigenvalue weighted by atomic mass is 35.5. The van der Waals surface area contributed by atoms with Crippen LogP contribution < -0.4 is 0 Å². The van der Waals surface area contributed by atoms with E-state index in [0.717, 1.165) is 0 Å². The largest absolute Gasteiger partial charge is 0.291 e. The summed E-state index contributed by atoms with van der Waals surface area (Å²) in [6, 6.07) is 4.83. The van der Waals surface area contributed by atoms with E-state index in [2.05, 4.69) is 4.99 Å². The fraction of sp³-hybridized carbons (Fsp3) is 0.353. The second kappa shape index (κ2) is 7.51. The van der Waals surface area contributed by atoms with Gasteiger partial charge >= 0.3 is 0 Å². The van der Waals surface area contributed by atoms with Gasteiger partial charge in [0.15, 0.2) is 5.78 Å². The van der Waals surface area contributed by atoms with Gasteiger partial charge in [-0.25, -0.2) is 4.99 Å². The number of ketones is 1. The molecule has 1 aromatic rings. The SMILES string of the molecule is CC(C)(C)[C@@]1(Cl)C(=O)C(Cl)=C(Cl)C(=NC(=O)c2ccc([N+](=O)[O-])cc2)[C@H]1Cl. The van der Waals surface area contributed by atoms with E-state index in [1.165, 1.54) is 24.3 Å². The van der Waals surface area contributed by atoms with Crippen LogP contribution in [0.25, 0.3) is 0 Å². The lowest BCUT2D eigenvalue weighted by Gasteiger charge is -2.43. The van der Waals surface area contributed by atoms with E-state index in [0.29, 0.717) is 0 Å². The Balaban J connectivity index is 2.53. The van der Waals surface area contributed by atoms with Gasteiger partial charge in [-0.15, -0.1) is 23.2 Å². The Hall–Kier alpha value is -1.47. The molecule has 1 aliphatic carbocycles. The third-order valence-corrected chi connectivity index (χ3v) is 6.62. The third-order valence-electron chi connectivity index (χ3n) is 4.18. The number of halogens is 4. The van der Waals surface area contributed by atoms with Gasteiger partial charge in [0.1, 0.15) is 15.3 Å². The van der Waals surface area contributed by atoms with E-state index in [9.17, 15) is 19.7 Å². The maximum absolute atomic E-state index is 12.6. The Morgan fingerprint density at radius 3 is 2.15 bits per heavy atom. The van der Waals surface area contributed by atoms with Gasteiger partial charge < -0.3 is 0 Å². The fourth-order valence-electron chi connectivity index (χ4n) is 2.51. The molecule has 1 aromatic carbocycles. The molecular weight excluding hydrogens is 438 g/mol. The first kappa shape index (κ1) is 21.8. The summed E-state index contributed by atoms with van der Waals surface area (Å²) in [6.07, 6.45) is 0. The van der Waals surface area contributed by atoms with Gasteiger partial charge in [0.2, 0.25) is 0 Å². The Bertz CT molecular complexity index is 887. The molecule has 0 bridgehead atoms. The number of hydrogen-bond acceptors (Lipinski definition) is 4. The van der Waals surface area contributed by atoms with Crippen LogP contribution in [0, 0.1) is 15.5 Å². The average Bonchev–Trinajstić information content (AvgIpc) is 2.60. The molecule has 0 radical (unpaired) electrons. The summed E-state index contributed by atoms with van der Waals surface area (Å²) in [5, 5.41) is 8.88. The van der Waals surface area contributed by atoms with Gasteiger partial charge in [-0.1, -0.05) is 44.0 Å². The lowest BCUT2D eigenvalue weighted by Crippen LogP contribution is -2.57. The van der Waals surface area contributed by atoms with Crippen LogP contribution in [0.2, 0.25) is 0 Å². The van der Waals surface area contributed by atoms with Crippen molar-refractivity contribution >= 4 is 69.5 Å². The van der Waals surface area contributed by atoms with Gasteiger partial charge in [0, 0.05) is 17.7 Å². The predicted molar refractivity (Wildman–Crippen MR) is 106 cm³/mol. The molecule has 27 heavy (non-hydrogen) atoms. The molecule has 0 aliphatic heterocycles. The summed E-state index contributed by atoms with van der Waals surface area (Å²) in [6.45, 7) is 5.10. The number of non-ortho nitro benzene ring substituents is 1. The van der Waals surface area contributed by atoms with Crippen molar-refractivity contribution in [3.8, 4) is 0 Å². The number of alkyl halides is 2. The number of Topliss-reactive ketones (excluding diaryl/α,β-unsaturated/α-hetero) is 1. The molecule has 0 N–H and O–H groups in total. The van der Waals surface area contributed by atoms with Crippen molar-refractivity contribution < 1.29 is 14.5 Å². The molecule has 144 valence electrons. The zero-order valence-corrected chi connectivity index (χ0v) is 17.4. The van der Waals surface area contributed by atoms with Crippen molar-refractivity contribution in [2.45, 2.75) is 31.0 Å². The van der Waals surface area contributed by atoms with Gasteiger partial charge in [0.25, 0.3) is 11.6 Å². The number of aliphatic imine (C=N–C) groups is 1. The molecule has 0 saturated carbocycles. The van der Waals surface area contributed by atoms with E-state index < -0.39 is 32.3 Å². The van der Waals surface area contributed by atoms with E-state index in [1.807, 2.05) is 0 Å². The Labute approximate surface area is 175 Å². The summed E-state index contributed by atoms with van der Waals surface area (Å²) < 4.78 is 0. The minimum Gasteiger partial charge on any atom is -0.291 e. The van der Waals surface area contributed by atoms with Crippen molar-refractivity contribution in [2.24, 2.45) is 10.4 Å². The van der Waals surface area contributed by atoms with Gasteiger partial charge in [0.05, 0.1) is 15.7 Å². The third kappa shape index (κ3) is 3.76. The summed E-state index contributed by atoms with van der Waals surface area (Å²) in [5.74, 6) is -1.40. The summed E-state index contributed by atoms with van der Waals surface area (Å²) >= 11 is 25.1. The number of hydrogen-bond donors (Lipinski definition) is 0. The normalized spacial score (nSPS) is 25.1. The van der Waals surface area contributed by atoms with E-state index >= 15 is 0 Å². The molecule has 2 rings (SSSR count). The van der Waals surface area contributed by atoms with Gasteiger partial charge in [-0.3, -0.25) is 19.7 Å². The smallest absolute Gasteiger partial charge is 0.277 e. The van der Waals surface area contributed by atoms with Crippen LogP contribution >= 0.6 is 46.4 Å². The molecular formula is C17H14Cl4N2O4. The zero-order chi connectivity index (χ0) is 20.7. The highest BCUT2D eigenvalue weighted by Crippen LogP contribution is 2.49. The summed E-state index contributed by atoms with van der Waals surface area (Å²) in [5.41, 5.74) is -1.06. The standard InChI is InChI=1S/C17H14Cl4N2O4/c1-16(2,3)17(21)13(20)12(10(18)11(19)14(17)24)22-15(25)8-4-6-9(7-5-8)23(26)27/h4-7,13H,1-3H3/t13-,17+/m1/s1. The van der Waals surface area contributed by atoms with Crippen LogP contribution in [0.4, 0.5) is 5.69 Å². The number of nitro benzene ring substituents is 1. The van der Waals surface area contributed by atoms with Crippen molar-refractivity contribution in [1.29, 1.82) is 0 Å². The van der Waals surface area contributed by atoms with Crippen LogP contribution in [0.3, 0.4) is 0 Å². The van der Waals surface area contributed by atoms with Gasteiger partial charge in [-0.2, -0.15) is 0 Å². The van der Waals surface area contributed by atoms with E-state index in [-0.39, 0.29) is 27.0 Å². The van der Waals surface area contributed by atoms with Crippen molar-refractivity contribution in [2.75, 3.05) is 0 Å². The molecule has 1 amide bonds. The molecule has 0 heterocycles. The quantitative estimate of drug-likeness (QED) is 0.356. The first-order chi connectivity index (χ1) is 12.3. The maximum atomic E-state index is 12.6. The predicted octanol–water partition coefficient (Wildman–Crippen LogP) is 5.08. The van der Waals surface area contributed by atoms with E-state index in [1.54, 1.807) is 20.8 Å². The number of amides is 1. The first-order valence-corrected chi connectivity index (χ1v) is 9.20. The molecule has 0 unspecified atom stereocenters. The topological polar surface area (TPSA) is 89.6 Å². The van der Waals surface area contributed by atoms with Crippen LogP contribution in [0.5, 0.6) is 0 Å². The van der Waals surface area contributed by atoms with Crippen LogP contribution in [0.15, 0.2) is 39.3 Å². The second-order valence-electron chi connectivity index (χ2n) is 6.89. The summed E-state index contributed by atoms with van der Waals surface area (Å²) in [4.78, 5) is 37.4. The number of nitro groups is 1. The molecule has 0 saturated heterocycles. The number of carbonyl (C=O) groups is 2. The zero-order valence-electron chi connectivity index (χ0n) is 14.4. The monoisotopic (exact) mass is 450 g/mol. The average molecular weight is 452 g/mol. The lowest BCUT2D eigenvalue weighted by molar-refractivity contribution is -0.384. The first-order valence-electron chi connectivity index (χ1n) is 7.63. The highest BCUT2D eigenvalue weighted by molar-refractivity contribution is 6.65. The molecule has 1 aliphatic rings. The van der Waals surface area contributed by atoms with Gasteiger partial charge in [-0.05, 0) is 17.5 Å². The number of carbonyl (C=O) groups excluding carboxylic acids is 2. The summed E-state index contributed by atoms with van der Waals surface area (Å²) in [7, 11) is 0. The van der Waals surface area contributed by atoms with Crippen LogP contribution in [0.1, 0.15) is 31.1 Å². The van der Waals surface area contributed by atoms with Crippen LogP contribution in [-0.4, -0.2) is 32.6 Å². The lowest BCUT2D eigenvalue weighted by atomic mass is 9.71.